The Kier molecular flexibility index (Phi) is 3.57. The van der Waals surface area contributed by atoms with E-state index in [1.807, 2.05) is 36.4 Å². The minimum absolute atomic E-state index is 0.525. The second-order valence-electron chi connectivity index (χ2n) is 3.56. The smallest absolute Gasteiger partial charge is 0.119 e. The lowest BCUT2D eigenvalue weighted by Gasteiger charge is -2.07. The van der Waals surface area contributed by atoms with E-state index in [-0.39, 0.29) is 0 Å². The van der Waals surface area contributed by atoms with Gasteiger partial charge in [-0.1, -0.05) is 23.8 Å². The summed E-state index contributed by atoms with van der Waals surface area (Å²) in [6.45, 7) is 2.58. The zero-order chi connectivity index (χ0) is 11.4. The fraction of sp³-hybridized carbons (Fsp3) is 0.154. The maximum absolute atomic E-state index is 5.66. The lowest BCUT2D eigenvalue weighted by atomic mass is 10.2. The van der Waals surface area contributed by atoms with Crippen LogP contribution in [0.2, 0.25) is 0 Å². The van der Waals surface area contributed by atoms with Crippen LogP contribution in [0.3, 0.4) is 0 Å². The van der Waals surface area contributed by atoms with Crippen molar-refractivity contribution in [2.45, 2.75) is 13.5 Å². The van der Waals surface area contributed by atoms with Crippen LogP contribution in [0.5, 0.6) is 5.75 Å². The Bertz CT molecular complexity index is 468. The number of pyridine rings is 1. The van der Waals surface area contributed by atoms with E-state index in [9.17, 15) is 0 Å². The maximum atomic E-state index is 5.66. The predicted octanol–water partition coefficient (Wildman–Crippen LogP) is 3.73. The summed E-state index contributed by atoms with van der Waals surface area (Å²) >= 11 is 3.39. The molecule has 1 heterocycles. The first-order chi connectivity index (χ1) is 7.75. The molecular weight excluding hydrogens is 266 g/mol. The van der Waals surface area contributed by atoms with Crippen molar-refractivity contribution in [3.8, 4) is 5.75 Å². The van der Waals surface area contributed by atoms with Crippen molar-refractivity contribution in [1.82, 2.24) is 4.98 Å². The van der Waals surface area contributed by atoms with Gasteiger partial charge in [-0.3, -0.25) is 0 Å². The van der Waals surface area contributed by atoms with Gasteiger partial charge in [-0.15, -0.1) is 0 Å². The van der Waals surface area contributed by atoms with Crippen LogP contribution in [-0.4, -0.2) is 4.98 Å². The molecule has 3 heteroatoms. The van der Waals surface area contributed by atoms with Gasteiger partial charge < -0.3 is 4.74 Å². The number of hydrogen-bond donors (Lipinski definition) is 0. The third kappa shape index (κ3) is 2.83. The Morgan fingerprint density at radius 1 is 1.19 bits per heavy atom. The van der Waals surface area contributed by atoms with Crippen molar-refractivity contribution >= 4 is 15.9 Å². The fourth-order valence-electron chi connectivity index (χ4n) is 1.32. The average Bonchev–Trinajstić information content (AvgIpc) is 2.30. The topological polar surface area (TPSA) is 22.1 Å². The summed E-state index contributed by atoms with van der Waals surface area (Å²) in [6.07, 6.45) is 1.75. The van der Waals surface area contributed by atoms with Crippen molar-refractivity contribution < 1.29 is 4.74 Å². The number of ether oxygens (including phenoxy) is 1. The number of aryl methyl sites for hydroxylation is 1. The Balaban J connectivity index is 2.02. The lowest BCUT2D eigenvalue weighted by molar-refractivity contribution is 0.305. The first-order valence-corrected chi connectivity index (χ1v) is 5.84. The molecule has 0 aliphatic carbocycles. The third-order valence-electron chi connectivity index (χ3n) is 2.25. The van der Waals surface area contributed by atoms with Gasteiger partial charge in [0.1, 0.15) is 17.0 Å². The van der Waals surface area contributed by atoms with Gasteiger partial charge in [-0.25, -0.2) is 4.98 Å². The van der Waals surface area contributed by atoms with Gasteiger partial charge in [-0.05, 0) is 41.1 Å². The summed E-state index contributed by atoms with van der Waals surface area (Å²) in [5.41, 5.74) is 2.28. The van der Waals surface area contributed by atoms with Crippen molar-refractivity contribution in [2.75, 3.05) is 0 Å². The van der Waals surface area contributed by atoms with Crippen LogP contribution in [0.25, 0.3) is 0 Å². The first kappa shape index (κ1) is 11.1. The quantitative estimate of drug-likeness (QED) is 0.798. The molecule has 0 spiro atoms. The number of nitrogens with zero attached hydrogens (tertiary/aromatic N) is 1. The molecule has 0 bridgehead atoms. The minimum atomic E-state index is 0.525. The molecule has 0 unspecified atom stereocenters. The zero-order valence-electron chi connectivity index (χ0n) is 8.98. The maximum Gasteiger partial charge on any atom is 0.119 e. The van der Waals surface area contributed by atoms with Crippen LogP contribution in [0.4, 0.5) is 0 Å². The van der Waals surface area contributed by atoms with Crippen LogP contribution >= 0.6 is 15.9 Å². The van der Waals surface area contributed by atoms with Gasteiger partial charge in [0, 0.05) is 11.8 Å². The van der Waals surface area contributed by atoms with Crippen molar-refractivity contribution in [3.05, 3.63) is 58.3 Å². The molecule has 1 aromatic heterocycles. The van der Waals surface area contributed by atoms with Crippen molar-refractivity contribution in [2.24, 2.45) is 0 Å². The summed E-state index contributed by atoms with van der Waals surface area (Å²) in [7, 11) is 0. The molecule has 1 aromatic carbocycles. The molecule has 0 saturated heterocycles. The van der Waals surface area contributed by atoms with E-state index in [0.29, 0.717) is 6.61 Å². The summed E-state index contributed by atoms with van der Waals surface area (Å²) in [6, 6.07) is 11.9. The molecule has 2 nitrogen and oxygen atoms in total. The Hall–Kier alpha value is -1.35. The van der Waals surface area contributed by atoms with Crippen molar-refractivity contribution in [1.29, 1.82) is 0 Å². The van der Waals surface area contributed by atoms with Crippen LogP contribution in [0, 0.1) is 6.92 Å². The molecule has 0 aliphatic heterocycles. The van der Waals surface area contributed by atoms with E-state index < -0.39 is 0 Å². The number of rotatable bonds is 3. The number of hydrogen-bond acceptors (Lipinski definition) is 2. The highest BCUT2D eigenvalue weighted by Gasteiger charge is 2.00. The monoisotopic (exact) mass is 277 g/mol. The molecule has 16 heavy (non-hydrogen) atoms. The lowest BCUT2D eigenvalue weighted by Crippen LogP contribution is -1.97. The van der Waals surface area contributed by atoms with Gasteiger partial charge in [-0.2, -0.15) is 0 Å². The van der Waals surface area contributed by atoms with E-state index in [2.05, 4.69) is 27.8 Å². The zero-order valence-corrected chi connectivity index (χ0v) is 10.6. The highest BCUT2D eigenvalue weighted by molar-refractivity contribution is 9.10. The molecule has 0 radical (unpaired) electrons. The van der Waals surface area contributed by atoms with E-state index >= 15 is 0 Å². The average molecular weight is 278 g/mol. The first-order valence-electron chi connectivity index (χ1n) is 5.04. The standard InChI is InChI=1S/C13H12BrNO/c1-10-4-6-12(7-5-10)16-9-11-3-2-8-15-13(11)14/h2-8H,9H2,1H3. The number of aromatic nitrogens is 1. The summed E-state index contributed by atoms with van der Waals surface area (Å²) < 4.78 is 6.49. The highest BCUT2D eigenvalue weighted by atomic mass is 79.9. The van der Waals surface area contributed by atoms with Crippen LogP contribution in [-0.2, 0) is 6.61 Å². The van der Waals surface area contributed by atoms with Crippen LogP contribution in [0.1, 0.15) is 11.1 Å². The van der Waals surface area contributed by atoms with Gasteiger partial charge >= 0.3 is 0 Å². The molecule has 0 aliphatic rings. The second-order valence-corrected chi connectivity index (χ2v) is 4.31. The van der Waals surface area contributed by atoms with Crippen molar-refractivity contribution in [3.63, 3.8) is 0 Å². The molecule has 2 rings (SSSR count). The van der Waals surface area contributed by atoms with Crippen LogP contribution in [0.15, 0.2) is 47.2 Å². The molecule has 2 aromatic rings. The van der Waals surface area contributed by atoms with E-state index in [0.717, 1.165) is 15.9 Å². The molecule has 0 fully saturated rings. The van der Waals surface area contributed by atoms with E-state index in [1.165, 1.54) is 5.56 Å². The molecule has 0 saturated carbocycles. The largest absolute Gasteiger partial charge is 0.489 e. The second kappa shape index (κ2) is 5.12. The third-order valence-corrected chi connectivity index (χ3v) is 2.97. The predicted molar refractivity (Wildman–Crippen MR) is 67.4 cm³/mol. The Morgan fingerprint density at radius 3 is 2.62 bits per heavy atom. The van der Waals surface area contributed by atoms with Gasteiger partial charge in [0.25, 0.3) is 0 Å². The molecule has 0 N–H and O–H groups in total. The normalized spacial score (nSPS) is 10.1. The molecule has 0 atom stereocenters. The summed E-state index contributed by atoms with van der Waals surface area (Å²) in [5, 5.41) is 0. The minimum Gasteiger partial charge on any atom is -0.489 e. The Labute approximate surface area is 103 Å². The van der Waals surface area contributed by atoms with Gasteiger partial charge in [0.15, 0.2) is 0 Å². The molecule has 0 amide bonds. The number of halogens is 1. The van der Waals surface area contributed by atoms with Gasteiger partial charge in [0.05, 0.1) is 0 Å². The summed E-state index contributed by atoms with van der Waals surface area (Å²) in [5.74, 6) is 0.876. The number of benzene rings is 1. The van der Waals surface area contributed by atoms with Gasteiger partial charge in [0.2, 0.25) is 0 Å². The van der Waals surface area contributed by atoms with E-state index in [4.69, 9.17) is 4.74 Å². The van der Waals surface area contributed by atoms with E-state index in [1.54, 1.807) is 6.20 Å². The molecule has 82 valence electrons. The fourth-order valence-corrected chi connectivity index (χ4v) is 1.69. The SMILES string of the molecule is Cc1ccc(OCc2cccnc2Br)cc1. The highest BCUT2D eigenvalue weighted by Crippen LogP contribution is 2.17. The molecular formula is C13H12BrNO. The Morgan fingerprint density at radius 2 is 1.94 bits per heavy atom. The summed E-state index contributed by atoms with van der Waals surface area (Å²) in [4.78, 5) is 4.14. The van der Waals surface area contributed by atoms with Crippen LogP contribution < -0.4 is 4.74 Å².